The van der Waals surface area contributed by atoms with Crippen LogP contribution in [-0.2, 0) is 19.3 Å². The summed E-state index contributed by atoms with van der Waals surface area (Å²) in [5.41, 5.74) is 3.33. The molecule has 184 valence electrons. The highest BCUT2D eigenvalue weighted by Gasteiger charge is 2.49. The van der Waals surface area contributed by atoms with Gasteiger partial charge in [0.05, 0.1) is 37.1 Å². The van der Waals surface area contributed by atoms with Gasteiger partial charge in [0.25, 0.3) is 0 Å². The van der Waals surface area contributed by atoms with Gasteiger partial charge >= 0.3 is 12.2 Å². The third kappa shape index (κ3) is 5.85. The molecule has 1 saturated carbocycles. The first-order chi connectivity index (χ1) is 15.0. The molecule has 0 radical (unpaired) electrons. The number of amides is 2. The second kappa shape index (κ2) is 10.1. The van der Waals surface area contributed by atoms with E-state index in [2.05, 4.69) is 5.43 Å². The molecular formula is C21H38N4O6S. The quantitative estimate of drug-likeness (QED) is 0.636. The molecule has 0 aromatic heterocycles. The number of hydrogen-bond donors (Lipinski definition) is 1. The molecule has 3 aliphatic rings. The Morgan fingerprint density at radius 1 is 1.09 bits per heavy atom. The standard InChI is InChI=1S/C21H38N4O6S/c1-14(2)31-20(26)24-12-15(3)25(21(27)30-4)18-7-6-16(10-19(18)24)17-11-22-23(13-17)8-9-32(5,28)29/h14-19,22H,6-13H2,1-5H3/t15-,16?,17?,18?,19?/m0/s1. The Labute approximate surface area is 191 Å². The van der Waals surface area contributed by atoms with Crippen molar-refractivity contribution in [3.8, 4) is 0 Å². The van der Waals surface area contributed by atoms with Gasteiger partial charge < -0.3 is 14.4 Å². The van der Waals surface area contributed by atoms with Crippen LogP contribution in [0.15, 0.2) is 0 Å². The van der Waals surface area contributed by atoms with Gasteiger partial charge in [-0.1, -0.05) is 0 Å². The summed E-state index contributed by atoms with van der Waals surface area (Å²) in [7, 11) is -1.61. The first kappa shape index (κ1) is 25.0. The number of nitrogens with one attached hydrogen (secondary N) is 1. The second-order valence-electron chi connectivity index (χ2n) is 9.72. The highest BCUT2D eigenvalue weighted by atomic mass is 32.2. The summed E-state index contributed by atoms with van der Waals surface area (Å²) in [6.07, 6.45) is 2.88. The lowest BCUT2D eigenvalue weighted by Gasteiger charge is -2.53. The van der Waals surface area contributed by atoms with E-state index in [1.54, 1.807) is 4.90 Å². The second-order valence-corrected chi connectivity index (χ2v) is 12.0. The van der Waals surface area contributed by atoms with Gasteiger partial charge in [-0.15, -0.1) is 0 Å². The number of sulfone groups is 1. The van der Waals surface area contributed by atoms with E-state index in [9.17, 15) is 18.0 Å². The molecule has 2 heterocycles. The van der Waals surface area contributed by atoms with E-state index in [1.165, 1.54) is 13.4 Å². The molecule has 10 nitrogen and oxygen atoms in total. The molecule has 3 fully saturated rings. The average molecular weight is 475 g/mol. The van der Waals surface area contributed by atoms with E-state index in [0.29, 0.717) is 24.9 Å². The number of carbonyl (C=O) groups is 2. The Kier molecular flexibility index (Phi) is 7.93. The van der Waals surface area contributed by atoms with Crippen LogP contribution in [0.25, 0.3) is 0 Å². The van der Waals surface area contributed by atoms with Gasteiger partial charge in [0.2, 0.25) is 0 Å². The molecular weight excluding hydrogens is 436 g/mol. The average Bonchev–Trinajstić information content (AvgIpc) is 3.19. The largest absolute Gasteiger partial charge is 0.453 e. The normalized spacial score (nSPS) is 31.5. The van der Waals surface area contributed by atoms with E-state index in [1.807, 2.05) is 30.7 Å². The van der Waals surface area contributed by atoms with Gasteiger partial charge in [-0.2, -0.15) is 0 Å². The minimum absolute atomic E-state index is 0.0992. The van der Waals surface area contributed by atoms with Gasteiger partial charge in [0, 0.05) is 32.4 Å². The maximum absolute atomic E-state index is 12.9. The predicted molar refractivity (Wildman–Crippen MR) is 120 cm³/mol. The summed E-state index contributed by atoms with van der Waals surface area (Å²) in [6.45, 7) is 8.07. The molecule has 4 unspecified atom stereocenters. The number of fused-ring (bicyclic) bond motifs is 1. The molecule has 0 aromatic rings. The fourth-order valence-corrected chi connectivity index (χ4v) is 5.96. The Hall–Kier alpha value is -1.59. The predicted octanol–water partition coefficient (Wildman–Crippen LogP) is 1.32. The number of methoxy groups -OCH3 is 1. The van der Waals surface area contributed by atoms with E-state index in [4.69, 9.17) is 9.47 Å². The number of hydrazine groups is 1. The molecule has 32 heavy (non-hydrogen) atoms. The van der Waals surface area contributed by atoms with Crippen molar-refractivity contribution in [1.29, 1.82) is 0 Å². The molecule has 11 heteroatoms. The molecule has 0 bridgehead atoms. The first-order valence-electron chi connectivity index (χ1n) is 11.5. The van der Waals surface area contributed by atoms with Crippen LogP contribution in [0.4, 0.5) is 9.59 Å². The van der Waals surface area contributed by atoms with Crippen LogP contribution in [0.5, 0.6) is 0 Å². The molecule has 1 N–H and O–H groups in total. The molecule has 0 spiro atoms. The van der Waals surface area contributed by atoms with Gasteiger partial charge in [-0.25, -0.2) is 23.0 Å². The zero-order chi connectivity index (χ0) is 23.6. The Morgan fingerprint density at radius 3 is 2.44 bits per heavy atom. The summed E-state index contributed by atoms with van der Waals surface area (Å²) in [6, 6.07) is -0.377. The number of nitrogens with zero attached hydrogens (tertiary/aromatic N) is 3. The van der Waals surface area contributed by atoms with Gasteiger partial charge in [0.15, 0.2) is 0 Å². The van der Waals surface area contributed by atoms with Gasteiger partial charge in [-0.3, -0.25) is 10.3 Å². The van der Waals surface area contributed by atoms with Crippen molar-refractivity contribution in [3.63, 3.8) is 0 Å². The number of hydrogen-bond acceptors (Lipinski definition) is 8. The maximum Gasteiger partial charge on any atom is 0.410 e. The lowest BCUT2D eigenvalue weighted by molar-refractivity contribution is -0.0443. The number of ether oxygens (including phenoxy) is 2. The van der Waals surface area contributed by atoms with Crippen LogP contribution in [0.1, 0.15) is 40.0 Å². The number of carbonyl (C=O) groups excluding carboxylic acids is 2. The van der Waals surface area contributed by atoms with Crippen molar-refractivity contribution in [1.82, 2.24) is 20.2 Å². The summed E-state index contributed by atoms with van der Waals surface area (Å²) in [4.78, 5) is 29.0. The van der Waals surface area contributed by atoms with Crippen LogP contribution in [0.2, 0.25) is 0 Å². The minimum Gasteiger partial charge on any atom is -0.453 e. The van der Waals surface area contributed by atoms with Crippen molar-refractivity contribution in [2.75, 3.05) is 45.3 Å². The van der Waals surface area contributed by atoms with Gasteiger partial charge in [0.1, 0.15) is 9.84 Å². The summed E-state index contributed by atoms with van der Waals surface area (Å²) < 4.78 is 33.6. The van der Waals surface area contributed by atoms with Crippen LogP contribution in [0.3, 0.4) is 0 Å². The van der Waals surface area contributed by atoms with Crippen molar-refractivity contribution < 1.29 is 27.5 Å². The molecule has 5 atom stereocenters. The van der Waals surface area contributed by atoms with Crippen molar-refractivity contribution >= 4 is 22.0 Å². The van der Waals surface area contributed by atoms with Crippen LogP contribution < -0.4 is 5.43 Å². The zero-order valence-corrected chi connectivity index (χ0v) is 20.6. The molecule has 2 aliphatic heterocycles. The molecule has 2 amide bonds. The molecule has 2 saturated heterocycles. The van der Waals surface area contributed by atoms with E-state index in [-0.39, 0.29) is 42.2 Å². The van der Waals surface area contributed by atoms with Crippen molar-refractivity contribution in [2.45, 2.75) is 64.3 Å². The fourth-order valence-electron chi connectivity index (χ4n) is 5.41. The molecule has 3 rings (SSSR count). The lowest BCUT2D eigenvalue weighted by atomic mass is 9.73. The molecule has 1 aliphatic carbocycles. The number of rotatable bonds is 5. The topological polar surface area (TPSA) is 108 Å². The lowest BCUT2D eigenvalue weighted by Crippen LogP contribution is -2.67. The van der Waals surface area contributed by atoms with E-state index >= 15 is 0 Å². The highest BCUT2D eigenvalue weighted by Crippen LogP contribution is 2.40. The maximum atomic E-state index is 12.9. The van der Waals surface area contributed by atoms with E-state index in [0.717, 1.165) is 32.4 Å². The van der Waals surface area contributed by atoms with E-state index < -0.39 is 9.84 Å². The van der Waals surface area contributed by atoms with Crippen LogP contribution in [0, 0.1) is 11.8 Å². The van der Waals surface area contributed by atoms with Crippen molar-refractivity contribution in [2.24, 2.45) is 11.8 Å². The van der Waals surface area contributed by atoms with Crippen LogP contribution in [-0.4, -0.2) is 105 Å². The minimum atomic E-state index is -3.01. The third-order valence-electron chi connectivity index (χ3n) is 6.90. The summed E-state index contributed by atoms with van der Waals surface area (Å²) in [5, 5.41) is 1.99. The Morgan fingerprint density at radius 2 is 1.81 bits per heavy atom. The smallest absolute Gasteiger partial charge is 0.410 e. The summed E-state index contributed by atoms with van der Waals surface area (Å²) in [5.74, 6) is 0.863. The number of piperazine rings is 1. The van der Waals surface area contributed by atoms with Gasteiger partial charge in [-0.05, 0) is 51.9 Å². The Balaban J connectivity index is 1.72. The summed E-state index contributed by atoms with van der Waals surface area (Å²) >= 11 is 0. The highest BCUT2D eigenvalue weighted by molar-refractivity contribution is 7.90. The first-order valence-corrected chi connectivity index (χ1v) is 13.6. The monoisotopic (exact) mass is 474 g/mol. The Bertz CT molecular complexity index is 791. The molecule has 0 aromatic carbocycles. The third-order valence-corrected chi connectivity index (χ3v) is 7.83. The van der Waals surface area contributed by atoms with Crippen molar-refractivity contribution in [3.05, 3.63) is 0 Å². The zero-order valence-electron chi connectivity index (χ0n) is 19.8. The fraction of sp³-hybridized carbons (Fsp3) is 0.905. The SMILES string of the molecule is COC(=O)N1C2CCC(C3CNN(CCS(C)(=O)=O)C3)CC2N(C(=O)OC(C)C)C[C@@H]1C. The van der Waals surface area contributed by atoms with Crippen LogP contribution >= 0.6 is 0 Å².